The molecule has 0 bridgehead atoms. The number of hydrogen-bond donors (Lipinski definition) is 4. The van der Waals surface area contributed by atoms with Crippen LogP contribution in [0.5, 0.6) is 5.75 Å². The first-order chi connectivity index (χ1) is 31.9. The number of rotatable bonds is 12. The Hall–Kier alpha value is -6.98. The highest BCUT2D eigenvalue weighted by atomic mass is 16.5. The molecule has 5 heterocycles. The number of H-pyrrole nitrogens is 2. The Kier molecular flexibility index (Phi) is 12.1. The number of fused-ring (bicyclic) bond motifs is 6. The van der Waals surface area contributed by atoms with Crippen LogP contribution in [0.2, 0.25) is 0 Å². The van der Waals surface area contributed by atoms with Crippen molar-refractivity contribution < 1.29 is 42.9 Å². The second kappa shape index (κ2) is 18.1. The van der Waals surface area contributed by atoms with E-state index in [9.17, 15) is 19.2 Å². The third kappa shape index (κ3) is 8.06. The lowest BCUT2D eigenvalue weighted by atomic mass is 9.92. The SMILES string of the molecule is COC[C@H]1C[C@@H](c2nc3c(ccc4cc5c(cc43)OCc3cc(-c4cnc([C@]6(C)CCCN6C(=O)C(NC(=O)OC)[C@@H](C)OC)[nH]4)ccc3-5)[nH]2)N(C(=O)[C@H](NC(=O)OC)c2ccccc2)C1. The van der Waals surface area contributed by atoms with Gasteiger partial charge in [-0.1, -0.05) is 48.5 Å². The number of nitrogens with zero attached hydrogens (tertiary/aromatic N) is 4. The average Bonchev–Trinajstić information content (AvgIpc) is 4.18. The van der Waals surface area contributed by atoms with Crippen molar-refractivity contribution in [2.45, 2.75) is 69.5 Å². The highest BCUT2D eigenvalue weighted by molar-refractivity contribution is 6.07. The molecule has 17 heteroatoms. The number of benzene rings is 4. The van der Waals surface area contributed by atoms with Gasteiger partial charge in [0.2, 0.25) is 5.91 Å². The molecule has 4 aromatic carbocycles. The zero-order valence-electron chi connectivity index (χ0n) is 37.8. The van der Waals surface area contributed by atoms with E-state index < -0.39 is 42.0 Å². The van der Waals surface area contributed by atoms with Crippen LogP contribution < -0.4 is 15.4 Å². The van der Waals surface area contributed by atoms with Crippen LogP contribution in [0.3, 0.4) is 0 Å². The van der Waals surface area contributed by atoms with Gasteiger partial charge in [0.15, 0.2) is 0 Å². The Labute approximate surface area is 381 Å². The van der Waals surface area contributed by atoms with Gasteiger partial charge < -0.3 is 54.1 Å². The quantitative estimate of drug-likeness (QED) is 0.0996. The van der Waals surface area contributed by atoms with E-state index in [0.29, 0.717) is 56.4 Å². The standard InChI is InChI=1S/C49H54N8O9/c1-27(63-4)40(54-47(60)64-5)45(59)57-18-10-17-49(57,2)46-50-23-37(52-46)31-13-15-33-32(20-31)26-66-39-22-34-30(21-35(33)39)14-16-36-42(34)53-43(51-36)38-19-28(25-62-3)24-56(38)44(58)41(55-48(61)65-6)29-11-8-7-9-12-29/h7-9,11-16,20-23,27-28,38,40-41H,10,17-19,24-26H2,1-6H3,(H,50,52)(H,51,53)(H,54,60)(H,55,61)/t27-,28+,38+,40?,41-,49+/m1/s1. The first-order valence-corrected chi connectivity index (χ1v) is 22.1. The summed E-state index contributed by atoms with van der Waals surface area (Å²) in [6.45, 7) is 5.47. The number of imidazole rings is 2. The Bertz CT molecular complexity index is 2810. The van der Waals surface area contributed by atoms with E-state index in [-0.39, 0.29) is 17.7 Å². The van der Waals surface area contributed by atoms with E-state index in [0.717, 1.165) is 61.9 Å². The minimum Gasteiger partial charge on any atom is -0.488 e. The maximum atomic E-state index is 14.4. The summed E-state index contributed by atoms with van der Waals surface area (Å²) in [4.78, 5) is 73.6. The number of ether oxygens (including phenoxy) is 5. The number of hydrogen-bond acceptors (Lipinski definition) is 11. The molecule has 6 aromatic rings. The van der Waals surface area contributed by atoms with E-state index in [1.807, 2.05) is 49.4 Å². The average molecular weight is 899 g/mol. The van der Waals surface area contributed by atoms with Crippen molar-refractivity contribution in [2.75, 3.05) is 48.1 Å². The number of carbonyl (C=O) groups is 4. The molecule has 1 unspecified atom stereocenters. The van der Waals surface area contributed by atoms with Crippen LogP contribution in [0.15, 0.2) is 79.0 Å². The molecular weight excluding hydrogens is 845 g/mol. The normalized spacial score (nSPS) is 20.3. The Morgan fingerprint density at radius 3 is 2.47 bits per heavy atom. The van der Waals surface area contributed by atoms with Gasteiger partial charge in [-0.25, -0.2) is 19.6 Å². The fourth-order valence-electron chi connectivity index (χ4n) is 9.86. The molecule has 2 saturated heterocycles. The summed E-state index contributed by atoms with van der Waals surface area (Å²) in [6, 6.07) is 21.4. The molecule has 6 atom stereocenters. The summed E-state index contributed by atoms with van der Waals surface area (Å²) in [6.07, 6.45) is 1.87. The summed E-state index contributed by atoms with van der Waals surface area (Å²) in [5.41, 5.74) is 6.24. The number of alkyl carbamates (subject to hydrolysis) is 2. The highest BCUT2D eigenvalue weighted by Crippen LogP contribution is 2.44. The lowest BCUT2D eigenvalue weighted by molar-refractivity contribution is -0.141. The Morgan fingerprint density at radius 2 is 1.71 bits per heavy atom. The van der Waals surface area contributed by atoms with E-state index in [1.54, 1.807) is 30.0 Å². The fourth-order valence-corrected chi connectivity index (χ4v) is 9.86. The van der Waals surface area contributed by atoms with Gasteiger partial charge in [0.05, 0.1) is 61.4 Å². The molecule has 0 aliphatic carbocycles. The predicted octanol–water partition coefficient (Wildman–Crippen LogP) is 6.90. The van der Waals surface area contributed by atoms with Gasteiger partial charge in [-0.3, -0.25) is 9.59 Å². The van der Waals surface area contributed by atoms with Crippen LogP contribution in [-0.4, -0.2) is 114 Å². The van der Waals surface area contributed by atoms with Crippen LogP contribution in [0.1, 0.15) is 68.0 Å². The van der Waals surface area contributed by atoms with Gasteiger partial charge in [0.25, 0.3) is 5.91 Å². The van der Waals surface area contributed by atoms with Crippen LogP contribution in [-0.2, 0) is 40.7 Å². The van der Waals surface area contributed by atoms with Crippen molar-refractivity contribution in [1.82, 2.24) is 40.4 Å². The van der Waals surface area contributed by atoms with Gasteiger partial charge in [0.1, 0.15) is 36.1 Å². The molecule has 2 fully saturated rings. The van der Waals surface area contributed by atoms with Crippen molar-refractivity contribution in [3.8, 4) is 28.1 Å². The van der Waals surface area contributed by atoms with E-state index in [4.69, 9.17) is 33.7 Å². The maximum Gasteiger partial charge on any atom is 0.407 e. The minimum atomic E-state index is -0.960. The summed E-state index contributed by atoms with van der Waals surface area (Å²) >= 11 is 0. The number of aromatic nitrogens is 4. The molecule has 0 radical (unpaired) electrons. The van der Waals surface area contributed by atoms with Crippen LogP contribution >= 0.6 is 0 Å². The molecule has 3 aliphatic heterocycles. The predicted molar refractivity (Wildman–Crippen MR) is 244 cm³/mol. The van der Waals surface area contributed by atoms with E-state index >= 15 is 0 Å². The van der Waals surface area contributed by atoms with Crippen molar-refractivity contribution in [2.24, 2.45) is 5.92 Å². The summed E-state index contributed by atoms with van der Waals surface area (Å²) < 4.78 is 27.2. The smallest absolute Gasteiger partial charge is 0.407 e. The summed E-state index contributed by atoms with van der Waals surface area (Å²) in [7, 11) is 5.68. The van der Waals surface area contributed by atoms with Gasteiger partial charge in [-0.05, 0) is 85.0 Å². The molecule has 344 valence electrons. The van der Waals surface area contributed by atoms with Crippen molar-refractivity contribution in [3.05, 3.63) is 102 Å². The molecule has 66 heavy (non-hydrogen) atoms. The molecule has 9 rings (SSSR count). The second-order valence-electron chi connectivity index (χ2n) is 17.4. The maximum absolute atomic E-state index is 14.4. The molecule has 17 nitrogen and oxygen atoms in total. The third-order valence-corrected chi connectivity index (χ3v) is 13.5. The Balaban J connectivity index is 0.984. The number of likely N-dealkylation sites (tertiary alicyclic amines) is 2. The second-order valence-corrected chi connectivity index (χ2v) is 17.4. The third-order valence-electron chi connectivity index (χ3n) is 13.5. The monoisotopic (exact) mass is 898 g/mol. The molecular formula is C49H54N8O9. The lowest BCUT2D eigenvalue weighted by Crippen LogP contribution is -2.57. The van der Waals surface area contributed by atoms with Crippen LogP contribution in [0.25, 0.3) is 44.2 Å². The molecule has 0 spiro atoms. The van der Waals surface area contributed by atoms with E-state index in [2.05, 4.69) is 50.9 Å². The minimum absolute atomic E-state index is 0.0536. The molecule has 4 N–H and O–H groups in total. The topological polar surface area (TPSA) is 202 Å². The number of methoxy groups -OCH3 is 4. The first kappa shape index (κ1) is 44.2. The summed E-state index contributed by atoms with van der Waals surface area (Å²) in [5.74, 6) is 1.55. The number of nitrogens with one attached hydrogen (secondary N) is 4. The van der Waals surface area contributed by atoms with Crippen molar-refractivity contribution in [3.63, 3.8) is 0 Å². The largest absolute Gasteiger partial charge is 0.488 e. The molecule has 4 amide bonds. The van der Waals surface area contributed by atoms with Gasteiger partial charge >= 0.3 is 12.2 Å². The van der Waals surface area contributed by atoms with Crippen molar-refractivity contribution in [1.29, 1.82) is 0 Å². The molecule has 0 saturated carbocycles. The fraction of sp³-hybridized carbons (Fsp3) is 0.388. The number of carbonyl (C=O) groups excluding carboxylic acids is 4. The first-order valence-electron chi connectivity index (χ1n) is 22.1. The van der Waals surface area contributed by atoms with Crippen LogP contribution in [0, 0.1) is 5.92 Å². The Morgan fingerprint density at radius 1 is 0.924 bits per heavy atom. The number of aromatic amines is 2. The number of amides is 4. The highest BCUT2D eigenvalue weighted by Gasteiger charge is 2.47. The van der Waals surface area contributed by atoms with Gasteiger partial charge in [0, 0.05) is 44.2 Å². The zero-order chi connectivity index (χ0) is 46.3. The molecule has 3 aliphatic rings. The summed E-state index contributed by atoms with van der Waals surface area (Å²) in [5, 5.41) is 7.29. The van der Waals surface area contributed by atoms with Gasteiger partial charge in [-0.15, -0.1) is 0 Å². The zero-order valence-corrected chi connectivity index (χ0v) is 37.8. The molecule has 2 aromatic heterocycles. The lowest BCUT2D eigenvalue weighted by Gasteiger charge is -2.37. The van der Waals surface area contributed by atoms with Crippen molar-refractivity contribution >= 4 is 45.8 Å². The van der Waals surface area contributed by atoms with Gasteiger partial charge in [-0.2, -0.15) is 0 Å². The van der Waals surface area contributed by atoms with Crippen LogP contribution in [0.4, 0.5) is 9.59 Å². The van der Waals surface area contributed by atoms with E-state index in [1.165, 1.54) is 21.3 Å².